The van der Waals surface area contributed by atoms with Crippen molar-refractivity contribution in [1.29, 1.82) is 0 Å². The fraction of sp³-hybridized carbons (Fsp3) is 0.188. The fourth-order valence-corrected chi connectivity index (χ4v) is 2.99. The van der Waals surface area contributed by atoms with E-state index in [0.29, 0.717) is 12.1 Å². The van der Waals surface area contributed by atoms with E-state index >= 15 is 0 Å². The first-order valence-corrected chi connectivity index (χ1v) is 9.36. The van der Waals surface area contributed by atoms with Crippen LogP contribution in [0.4, 0.5) is 0 Å². The van der Waals surface area contributed by atoms with Crippen molar-refractivity contribution in [2.75, 3.05) is 6.54 Å². The second kappa shape index (κ2) is 7.72. The molecular formula is C16H17BrN2O3S. The summed E-state index contributed by atoms with van der Waals surface area (Å²) in [7, 11) is -3.65. The Morgan fingerprint density at radius 1 is 1.13 bits per heavy atom. The number of hydrogen-bond donors (Lipinski definition) is 2. The zero-order chi connectivity index (χ0) is 16.9. The van der Waals surface area contributed by atoms with Gasteiger partial charge in [-0.3, -0.25) is 4.79 Å². The Bertz CT molecular complexity index is 789. The molecule has 0 unspecified atom stereocenters. The second-order valence-corrected chi connectivity index (χ2v) is 7.54. The summed E-state index contributed by atoms with van der Waals surface area (Å²) >= 11 is 3.33. The third-order valence-corrected chi connectivity index (χ3v) is 4.69. The van der Waals surface area contributed by atoms with E-state index in [0.717, 1.165) is 22.9 Å². The number of carbonyl (C=O) groups is 1. The normalized spacial score (nSPS) is 11.2. The first kappa shape index (κ1) is 17.7. The van der Waals surface area contributed by atoms with Gasteiger partial charge in [-0.1, -0.05) is 34.1 Å². The third kappa shape index (κ3) is 5.46. The monoisotopic (exact) mass is 396 g/mol. The van der Waals surface area contributed by atoms with Gasteiger partial charge in [0, 0.05) is 16.6 Å². The van der Waals surface area contributed by atoms with Gasteiger partial charge in [-0.15, -0.1) is 0 Å². The lowest BCUT2D eigenvalue weighted by atomic mass is 10.1. The van der Waals surface area contributed by atoms with Crippen LogP contribution in [0.1, 0.15) is 22.3 Å². The average Bonchev–Trinajstić information content (AvgIpc) is 2.51. The van der Waals surface area contributed by atoms with Crippen molar-refractivity contribution in [3.05, 3.63) is 64.1 Å². The van der Waals surface area contributed by atoms with E-state index in [9.17, 15) is 13.2 Å². The van der Waals surface area contributed by atoms with Gasteiger partial charge < -0.3 is 5.32 Å². The molecule has 0 radical (unpaired) electrons. The number of primary sulfonamides is 1. The van der Waals surface area contributed by atoms with Crippen molar-refractivity contribution >= 4 is 31.9 Å². The molecule has 0 heterocycles. The zero-order valence-corrected chi connectivity index (χ0v) is 14.7. The number of nitrogens with one attached hydrogen (secondary N) is 1. The highest BCUT2D eigenvalue weighted by atomic mass is 79.9. The first-order valence-electron chi connectivity index (χ1n) is 7.02. The van der Waals surface area contributed by atoms with Gasteiger partial charge in [-0.2, -0.15) is 0 Å². The summed E-state index contributed by atoms with van der Waals surface area (Å²) in [4.78, 5) is 12.1. The summed E-state index contributed by atoms with van der Waals surface area (Å²) in [6, 6.07) is 13.6. The number of halogens is 1. The molecule has 7 heteroatoms. The molecule has 5 nitrogen and oxygen atoms in total. The second-order valence-electron chi connectivity index (χ2n) is 5.06. The lowest BCUT2D eigenvalue weighted by Crippen LogP contribution is -2.24. The highest BCUT2D eigenvalue weighted by molar-refractivity contribution is 9.10. The van der Waals surface area contributed by atoms with Crippen LogP contribution in [0.2, 0.25) is 0 Å². The largest absolute Gasteiger partial charge is 0.352 e. The highest BCUT2D eigenvalue weighted by Crippen LogP contribution is 2.12. The molecule has 0 aromatic heterocycles. The number of hydrogen-bond acceptors (Lipinski definition) is 3. The van der Waals surface area contributed by atoms with Crippen molar-refractivity contribution < 1.29 is 13.2 Å². The van der Waals surface area contributed by atoms with Crippen LogP contribution in [0, 0.1) is 0 Å². The summed E-state index contributed by atoms with van der Waals surface area (Å²) in [5, 5.41) is 7.91. The van der Waals surface area contributed by atoms with E-state index in [1.807, 2.05) is 12.1 Å². The molecule has 2 aromatic rings. The Morgan fingerprint density at radius 3 is 2.43 bits per heavy atom. The SMILES string of the molecule is NS(=O)(=O)c1ccc(CCCNC(=O)c2cccc(Br)c2)cc1. The summed E-state index contributed by atoms with van der Waals surface area (Å²) in [5.74, 6) is -0.115. The van der Waals surface area contributed by atoms with Crippen LogP contribution >= 0.6 is 15.9 Å². The summed E-state index contributed by atoms with van der Waals surface area (Å²) < 4.78 is 23.2. The molecule has 23 heavy (non-hydrogen) atoms. The molecule has 2 rings (SSSR count). The van der Waals surface area contributed by atoms with E-state index in [1.54, 1.807) is 24.3 Å². The van der Waals surface area contributed by atoms with Gasteiger partial charge in [0.1, 0.15) is 0 Å². The summed E-state index contributed by atoms with van der Waals surface area (Å²) in [6.45, 7) is 0.544. The minimum atomic E-state index is -3.65. The van der Waals surface area contributed by atoms with Crippen molar-refractivity contribution in [2.24, 2.45) is 5.14 Å². The van der Waals surface area contributed by atoms with E-state index in [1.165, 1.54) is 12.1 Å². The Kier molecular flexibility index (Phi) is 5.92. The van der Waals surface area contributed by atoms with Gasteiger partial charge in [-0.05, 0) is 48.7 Å². The topological polar surface area (TPSA) is 89.3 Å². The molecule has 0 saturated heterocycles. The van der Waals surface area contributed by atoms with Crippen molar-refractivity contribution in [1.82, 2.24) is 5.32 Å². The minimum absolute atomic E-state index is 0.101. The molecule has 122 valence electrons. The molecule has 0 spiro atoms. The molecule has 0 fully saturated rings. The molecule has 1 amide bonds. The van der Waals surface area contributed by atoms with Crippen LogP contribution in [-0.2, 0) is 16.4 Å². The standard InChI is InChI=1S/C16H17BrN2O3S/c17-14-5-1-4-13(11-14)16(20)19-10-2-3-12-6-8-15(9-7-12)23(18,21)22/h1,4-9,11H,2-3,10H2,(H,19,20)(H2,18,21,22). The van der Waals surface area contributed by atoms with E-state index < -0.39 is 10.0 Å². The average molecular weight is 397 g/mol. The van der Waals surface area contributed by atoms with Crippen LogP contribution in [0.25, 0.3) is 0 Å². The van der Waals surface area contributed by atoms with Crippen LogP contribution in [0.15, 0.2) is 57.9 Å². The van der Waals surface area contributed by atoms with Gasteiger partial charge in [0.2, 0.25) is 10.0 Å². The fourth-order valence-electron chi connectivity index (χ4n) is 2.07. The third-order valence-electron chi connectivity index (χ3n) is 3.27. The number of amides is 1. The van der Waals surface area contributed by atoms with Crippen LogP contribution in [0.5, 0.6) is 0 Å². The first-order chi connectivity index (χ1) is 10.9. The molecule has 3 N–H and O–H groups in total. The maximum atomic E-state index is 12.0. The maximum absolute atomic E-state index is 12.0. The van der Waals surface area contributed by atoms with Gasteiger partial charge in [0.15, 0.2) is 0 Å². The van der Waals surface area contributed by atoms with Gasteiger partial charge in [0.05, 0.1) is 4.90 Å². The molecular weight excluding hydrogens is 380 g/mol. The van der Waals surface area contributed by atoms with Crippen molar-refractivity contribution in [3.8, 4) is 0 Å². The van der Waals surface area contributed by atoms with Crippen LogP contribution in [0.3, 0.4) is 0 Å². The smallest absolute Gasteiger partial charge is 0.251 e. The molecule has 2 aromatic carbocycles. The summed E-state index contributed by atoms with van der Waals surface area (Å²) in [5.41, 5.74) is 1.60. The quantitative estimate of drug-likeness (QED) is 0.734. The van der Waals surface area contributed by atoms with Crippen LogP contribution in [-0.4, -0.2) is 20.9 Å². The van der Waals surface area contributed by atoms with Crippen molar-refractivity contribution in [3.63, 3.8) is 0 Å². The van der Waals surface area contributed by atoms with E-state index in [2.05, 4.69) is 21.2 Å². The molecule has 0 atom stereocenters. The van der Waals surface area contributed by atoms with Gasteiger partial charge in [0.25, 0.3) is 5.91 Å². The van der Waals surface area contributed by atoms with Crippen LogP contribution < -0.4 is 10.5 Å². The Morgan fingerprint density at radius 2 is 1.83 bits per heavy atom. The predicted molar refractivity (Wildman–Crippen MR) is 92.6 cm³/mol. The number of benzene rings is 2. The number of nitrogens with two attached hydrogens (primary N) is 1. The number of carbonyl (C=O) groups excluding carboxylic acids is 1. The molecule has 0 saturated carbocycles. The number of rotatable bonds is 6. The minimum Gasteiger partial charge on any atom is -0.352 e. The Balaban J connectivity index is 1.80. The van der Waals surface area contributed by atoms with E-state index in [4.69, 9.17) is 5.14 Å². The zero-order valence-electron chi connectivity index (χ0n) is 12.3. The lowest BCUT2D eigenvalue weighted by Gasteiger charge is -2.06. The predicted octanol–water partition coefficient (Wildman–Crippen LogP) is 2.46. The molecule has 0 aliphatic rings. The molecule has 0 aliphatic carbocycles. The van der Waals surface area contributed by atoms with E-state index in [-0.39, 0.29) is 10.8 Å². The van der Waals surface area contributed by atoms with Crippen molar-refractivity contribution in [2.45, 2.75) is 17.7 Å². The number of aryl methyl sites for hydroxylation is 1. The lowest BCUT2D eigenvalue weighted by molar-refractivity contribution is 0.0953. The Labute approximate surface area is 144 Å². The maximum Gasteiger partial charge on any atom is 0.251 e. The molecule has 0 aliphatic heterocycles. The molecule has 0 bridgehead atoms. The van der Waals surface area contributed by atoms with Gasteiger partial charge in [-0.25, -0.2) is 13.6 Å². The summed E-state index contributed by atoms with van der Waals surface area (Å²) in [6.07, 6.45) is 1.50. The number of sulfonamides is 1. The highest BCUT2D eigenvalue weighted by Gasteiger charge is 2.07. The van der Waals surface area contributed by atoms with Gasteiger partial charge >= 0.3 is 0 Å². The Hall–Kier alpha value is -1.70.